The lowest BCUT2D eigenvalue weighted by atomic mass is 10.1. The van der Waals surface area contributed by atoms with Crippen molar-refractivity contribution in [2.24, 2.45) is 0 Å². The SMILES string of the molecule is C[C@H](O)c1ccc(N(C)c2ccccc2C#N)c(Cl)c1. The quantitative estimate of drug-likeness (QED) is 0.926. The Kier molecular flexibility index (Phi) is 4.29. The first-order valence-electron chi connectivity index (χ1n) is 6.25. The normalized spacial score (nSPS) is 11.8. The van der Waals surface area contributed by atoms with Gasteiger partial charge in [0.2, 0.25) is 0 Å². The highest BCUT2D eigenvalue weighted by Gasteiger charge is 2.13. The van der Waals surface area contributed by atoms with Crippen LogP contribution in [0.1, 0.15) is 24.2 Å². The standard InChI is InChI=1S/C16H15ClN2O/c1-11(20)12-7-8-16(14(17)9-12)19(2)15-6-4-3-5-13(15)10-18/h3-9,11,20H,1-2H3/t11-/m0/s1. The van der Waals surface area contributed by atoms with Crippen molar-refractivity contribution >= 4 is 23.0 Å². The van der Waals surface area contributed by atoms with Gasteiger partial charge in [-0.1, -0.05) is 29.8 Å². The number of anilines is 2. The minimum absolute atomic E-state index is 0.540. The summed E-state index contributed by atoms with van der Waals surface area (Å²) in [6.45, 7) is 1.69. The Hall–Kier alpha value is -2.02. The minimum atomic E-state index is -0.557. The summed E-state index contributed by atoms with van der Waals surface area (Å²) in [5.74, 6) is 0. The van der Waals surface area contributed by atoms with Crippen LogP contribution >= 0.6 is 11.6 Å². The van der Waals surface area contributed by atoms with Gasteiger partial charge in [-0.15, -0.1) is 0 Å². The van der Waals surface area contributed by atoms with Crippen LogP contribution in [0.2, 0.25) is 5.02 Å². The lowest BCUT2D eigenvalue weighted by molar-refractivity contribution is 0.199. The van der Waals surface area contributed by atoms with Crippen LogP contribution in [0.15, 0.2) is 42.5 Å². The van der Waals surface area contributed by atoms with Crippen LogP contribution < -0.4 is 4.90 Å². The van der Waals surface area contributed by atoms with Crippen molar-refractivity contribution in [2.75, 3.05) is 11.9 Å². The molecule has 0 heterocycles. The second kappa shape index (κ2) is 5.96. The molecule has 0 saturated carbocycles. The van der Waals surface area contributed by atoms with Crippen LogP contribution in [0, 0.1) is 11.3 Å². The number of aliphatic hydroxyl groups is 1. The number of para-hydroxylation sites is 1. The molecule has 0 radical (unpaired) electrons. The van der Waals surface area contributed by atoms with E-state index in [0.717, 1.165) is 16.9 Å². The van der Waals surface area contributed by atoms with E-state index in [4.69, 9.17) is 16.9 Å². The summed E-state index contributed by atoms with van der Waals surface area (Å²) >= 11 is 6.28. The van der Waals surface area contributed by atoms with Crippen LogP contribution in [-0.2, 0) is 0 Å². The van der Waals surface area contributed by atoms with Gasteiger partial charge in [-0.2, -0.15) is 5.26 Å². The smallest absolute Gasteiger partial charge is 0.101 e. The maximum absolute atomic E-state index is 9.56. The Morgan fingerprint density at radius 3 is 2.50 bits per heavy atom. The van der Waals surface area contributed by atoms with Crippen LogP contribution in [0.4, 0.5) is 11.4 Å². The second-order valence-corrected chi connectivity index (χ2v) is 4.98. The number of hydrogen-bond acceptors (Lipinski definition) is 3. The first-order chi connectivity index (χ1) is 9.54. The predicted octanol–water partition coefficient (Wildman–Crippen LogP) is 4.03. The molecule has 0 fully saturated rings. The molecule has 20 heavy (non-hydrogen) atoms. The van der Waals surface area contributed by atoms with Crippen LogP contribution in [0.25, 0.3) is 0 Å². The van der Waals surface area contributed by atoms with Gasteiger partial charge in [0.25, 0.3) is 0 Å². The van der Waals surface area contributed by atoms with E-state index < -0.39 is 6.10 Å². The molecule has 4 heteroatoms. The average Bonchev–Trinajstić information content (AvgIpc) is 2.46. The van der Waals surface area contributed by atoms with Gasteiger partial charge in [0, 0.05) is 7.05 Å². The van der Waals surface area contributed by atoms with Gasteiger partial charge >= 0.3 is 0 Å². The molecular weight excluding hydrogens is 272 g/mol. The minimum Gasteiger partial charge on any atom is -0.389 e. The van der Waals surface area contributed by atoms with E-state index in [2.05, 4.69) is 6.07 Å². The zero-order valence-corrected chi connectivity index (χ0v) is 12.1. The number of aliphatic hydroxyl groups excluding tert-OH is 1. The molecule has 0 spiro atoms. The maximum Gasteiger partial charge on any atom is 0.101 e. The molecule has 2 rings (SSSR count). The van der Waals surface area contributed by atoms with Crippen LogP contribution in [-0.4, -0.2) is 12.2 Å². The van der Waals surface area contributed by atoms with Gasteiger partial charge in [0.15, 0.2) is 0 Å². The van der Waals surface area contributed by atoms with Gasteiger partial charge < -0.3 is 10.0 Å². The molecule has 2 aromatic carbocycles. The fourth-order valence-electron chi connectivity index (χ4n) is 2.05. The lowest BCUT2D eigenvalue weighted by Crippen LogP contribution is -2.11. The van der Waals surface area contributed by atoms with Gasteiger partial charge in [-0.25, -0.2) is 0 Å². The number of nitriles is 1. The molecule has 0 aliphatic rings. The van der Waals surface area contributed by atoms with E-state index in [0.29, 0.717) is 10.6 Å². The van der Waals surface area contributed by atoms with Gasteiger partial charge in [0.05, 0.1) is 28.1 Å². The molecular formula is C16H15ClN2O. The first-order valence-corrected chi connectivity index (χ1v) is 6.62. The summed E-state index contributed by atoms with van der Waals surface area (Å²) < 4.78 is 0. The van der Waals surface area contributed by atoms with Crippen LogP contribution in [0.5, 0.6) is 0 Å². The third-order valence-electron chi connectivity index (χ3n) is 3.20. The van der Waals surface area contributed by atoms with E-state index in [9.17, 15) is 5.11 Å². The number of nitrogens with zero attached hydrogens (tertiary/aromatic N) is 2. The van der Waals surface area contributed by atoms with Crippen molar-refractivity contribution in [1.29, 1.82) is 5.26 Å². The molecule has 0 amide bonds. The zero-order valence-electron chi connectivity index (χ0n) is 11.3. The zero-order chi connectivity index (χ0) is 14.7. The van der Waals surface area contributed by atoms with Crippen LogP contribution in [0.3, 0.4) is 0 Å². The fraction of sp³-hybridized carbons (Fsp3) is 0.188. The molecule has 2 aromatic rings. The van der Waals surface area contributed by atoms with Crippen molar-refractivity contribution in [3.05, 3.63) is 58.6 Å². The number of rotatable bonds is 3. The highest BCUT2D eigenvalue weighted by atomic mass is 35.5. The second-order valence-electron chi connectivity index (χ2n) is 4.57. The lowest BCUT2D eigenvalue weighted by Gasteiger charge is -2.22. The molecule has 0 aromatic heterocycles. The van der Waals surface area contributed by atoms with Gasteiger partial charge in [-0.05, 0) is 36.8 Å². The summed E-state index contributed by atoms with van der Waals surface area (Å²) in [7, 11) is 1.86. The summed E-state index contributed by atoms with van der Waals surface area (Å²) in [6, 6.07) is 14.9. The van der Waals surface area contributed by atoms with Crippen molar-refractivity contribution in [1.82, 2.24) is 0 Å². The van der Waals surface area contributed by atoms with Gasteiger partial charge in [0.1, 0.15) is 6.07 Å². The average molecular weight is 287 g/mol. The third kappa shape index (κ3) is 2.77. The Balaban J connectivity index is 2.44. The number of halogens is 1. The summed E-state index contributed by atoms with van der Waals surface area (Å²) in [5.41, 5.74) is 2.94. The topological polar surface area (TPSA) is 47.3 Å². The molecule has 0 aliphatic carbocycles. The van der Waals surface area contributed by atoms with Crippen molar-refractivity contribution in [2.45, 2.75) is 13.0 Å². The molecule has 1 N–H and O–H groups in total. The Morgan fingerprint density at radius 1 is 1.20 bits per heavy atom. The Bertz CT molecular complexity index is 662. The molecule has 0 aliphatic heterocycles. The van der Waals surface area contributed by atoms with Crippen molar-refractivity contribution in [3.8, 4) is 6.07 Å². The molecule has 102 valence electrons. The van der Waals surface area contributed by atoms with E-state index in [1.54, 1.807) is 19.1 Å². The molecule has 3 nitrogen and oxygen atoms in total. The van der Waals surface area contributed by atoms with Gasteiger partial charge in [-0.3, -0.25) is 0 Å². The maximum atomic E-state index is 9.56. The van der Waals surface area contributed by atoms with E-state index in [1.165, 1.54) is 0 Å². The largest absolute Gasteiger partial charge is 0.389 e. The molecule has 0 unspecified atom stereocenters. The summed E-state index contributed by atoms with van der Waals surface area (Å²) in [4.78, 5) is 1.87. The third-order valence-corrected chi connectivity index (χ3v) is 3.50. The monoisotopic (exact) mass is 286 g/mol. The highest BCUT2D eigenvalue weighted by Crippen LogP contribution is 2.33. The Morgan fingerprint density at radius 2 is 1.90 bits per heavy atom. The summed E-state index contributed by atoms with van der Waals surface area (Å²) in [5, 5.41) is 19.3. The fourth-order valence-corrected chi connectivity index (χ4v) is 2.36. The molecule has 0 saturated heterocycles. The number of benzene rings is 2. The highest BCUT2D eigenvalue weighted by molar-refractivity contribution is 6.33. The van der Waals surface area contributed by atoms with E-state index in [-0.39, 0.29) is 0 Å². The first kappa shape index (κ1) is 14.4. The van der Waals surface area contributed by atoms with E-state index >= 15 is 0 Å². The molecule has 0 bridgehead atoms. The summed E-state index contributed by atoms with van der Waals surface area (Å²) in [6.07, 6.45) is -0.557. The number of hydrogen-bond donors (Lipinski definition) is 1. The van der Waals surface area contributed by atoms with E-state index in [1.807, 2.05) is 42.3 Å². The Labute approximate surface area is 123 Å². The van der Waals surface area contributed by atoms with Crippen molar-refractivity contribution in [3.63, 3.8) is 0 Å². The molecule has 1 atom stereocenters. The van der Waals surface area contributed by atoms with Crippen molar-refractivity contribution < 1.29 is 5.11 Å². The predicted molar refractivity (Wildman–Crippen MR) is 81.3 cm³/mol.